The lowest BCUT2D eigenvalue weighted by atomic mass is 10.1. The monoisotopic (exact) mass is 344 g/mol. The van der Waals surface area contributed by atoms with Crippen LogP contribution in [0.4, 0.5) is 5.69 Å². The van der Waals surface area contributed by atoms with Gasteiger partial charge in [0, 0.05) is 26.1 Å². The first-order valence-corrected chi connectivity index (χ1v) is 9.62. The first kappa shape index (κ1) is 17.1. The summed E-state index contributed by atoms with van der Waals surface area (Å²) < 4.78 is 25.2. The van der Waals surface area contributed by atoms with Crippen molar-refractivity contribution in [2.24, 2.45) is 0 Å². The highest BCUT2D eigenvalue weighted by molar-refractivity contribution is 7.92. The molecule has 2 rings (SSSR count). The average Bonchev–Trinajstić information content (AvgIpc) is 2.48. The van der Waals surface area contributed by atoms with Gasteiger partial charge in [0.05, 0.1) is 17.0 Å². The Morgan fingerprint density at radius 2 is 1.86 bits per heavy atom. The second-order valence-electron chi connectivity index (χ2n) is 5.48. The number of carbonyl (C=O) groups excluding carboxylic acids is 1. The maximum atomic E-state index is 12.2. The largest absolute Gasteiger partial charge is 0.343 e. The van der Waals surface area contributed by atoms with Crippen LogP contribution in [0.5, 0.6) is 0 Å². The molecule has 0 N–H and O–H groups in total. The van der Waals surface area contributed by atoms with Gasteiger partial charge in [0.15, 0.2) is 0 Å². The van der Waals surface area contributed by atoms with Gasteiger partial charge in [-0.05, 0) is 31.4 Å². The molecule has 1 aromatic carbocycles. The Bertz CT molecular complexity index is 627. The van der Waals surface area contributed by atoms with Crippen LogP contribution < -0.4 is 4.31 Å². The number of likely N-dealkylation sites (tertiary alicyclic amines) is 1. The van der Waals surface area contributed by atoms with Crippen LogP contribution in [0, 0.1) is 0 Å². The fourth-order valence-electron chi connectivity index (χ4n) is 2.62. The van der Waals surface area contributed by atoms with Gasteiger partial charge >= 0.3 is 0 Å². The summed E-state index contributed by atoms with van der Waals surface area (Å²) in [7, 11) is -3.49. The molecule has 122 valence electrons. The summed E-state index contributed by atoms with van der Waals surface area (Å²) in [6.45, 7) is 1.64. The minimum atomic E-state index is -3.49. The fourth-order valence-corrected chi connectivity index (χ4v) is 3.84. The predicted molar refractivity (Wildman–Crippen MR) is 88.7 cm³/mol. The zero-order chi connectivity index (χ0) is 16.2. The molecule has 0 aromatic heterocycles. The van der Waals surface area contributed by atoms with Gasteiger partial charge < -0.3 is 4.90 Å². The molecule has 1 aromatic rings. The topological polar surface area (TPSA) is 57.7 Å². The lowest BCUT2D eigenvalue weighted by Crippen LogP contribution is -2.39. The van der Waals surface area contributed by atoms with Crippen LogP contribution in [0.1, 0.15) is 25.7 Å². The van der Waals surface area contributed by atoms with Crippen LogP contribution in [0.3, 0.4) is 0 Å². The smallest absolute Gasteiger partial charge is 0.232 e. The van der Waals surface area contributed by atoms with Crippen molar-refractivity contribution in [1.29, 1.82) is 0 Å². The van der Waals surface area contributed by atoms with E-state index in [4.69, 9.17) is 11.6 Å². The van der Waals surface area contributed by atoms with Crippen molar-refractivity contribution in [3.63, 3.8) is 0 Å². The van der Waals surface area contributed by atoms with Gasteiger partial charge in [-0.15, -0.1) is 0 Å². The number of anilines is 1. The van der Waals surface area contributed by atoms with Crippen molar-refractivity contribution in [3.8, 4) is 0 Å². The highest BCUT2D eigenvalue weighted by Gasteiger charge is 2.23. The van der Waals surface area contributed by atoms with Gasteiger partial charge in [-0.2, -0.15) is 0 Å². The van der Waals surface area contributed by atoms with Crippen LogP contribution in [0.2, 0.25) is 5.02 Å². The van der Waals surface area contributed by atoms with E-state index in [-0.39, 0.29) is 18.9 Å². The third-order valence-corrected chi connectivity index (χ3v) is 5.26. The Morgan fingerprint density at radius 3 is 2.45 bits per heavy atom. The second-order valence-corrected chi connectivity index (χ2v) is 7.79. The van der Waals surface area contributed by atoms with E-state index in [2.05, 4.69) is 0 Å². The molecular formula is C15H21ClN2O3S. The standard InChI is InChI=1S/C15H21ClN2O3S/c1-22(20,21)18(14-8-4-3-7-13(14)16)12-9-15(19)17-10-5-2-6-11-17/h3-4,7-8H,2,5-6,9-12H2,1H3. The SMILES string of the molecule is CS(=O)(=O)N(CCC(=O)N1CCCCC1)c1ccccc1Cl. The maximum Gasteiger partial charge on any atom is 0.232 e. The maximum absolute atomic E-state index is 12.2. The van der Waals surface area contributed by atoms with Crippen molar-refractivity contribution in [1.82, 2.24) is 4.90 Å². The minimum Gasteiger partial charge on any atom is -0.343 e. The fraction of sp³-hybridized carbons (Fsp3) is 0.533. The number of hydrogen-bond donors (Lipinski definition) is 0. The van der Waals surface area contributed by atoms with E-state index in [0.717, 1.165) is 38.6 Å². The van der Waals surface area contributed by atoms with Gasteiger partial charge in [-0.25, -0.2) is 8.42 Å². The number of amides is 1. The summed E-state index contributed by atoms with van der Waals surface area (Å²) in [5.74, 6) is 0.000374. The van der Waals surface area contributed by atoms with E-state index >= 15 is 0 Å². The number of hydrogen-bond acceptors (Lipinski definition) is 3. The number of para-hydroxylation sites is 1. The molecule has 1 saturated heterocycles. The van der Waals surface area contributed by atoms with Crippen molar-refractivity contribution in [2.45, 2.75) is 25.7 Å². The first-order valence-electron chi connectivity index (χ1n) is 7.39. The van der Waals surface area contributed by atoms with Crippen molar-refractivity contribution >= 4 is 33.2 Å². The number of sulfonamides is 1. The second kappa shape index (κ2) is 7.33. The third-order valence-electron chi connectivity index (χ3n) is 3.76. The molecular weight excluding hydrogens is 324 g/mol. The van der Waals surface area contributed by atoms with Gasteiger partial charge in [-0.3, -0.25) is 9.10 Å². The van der Waals surface area contributed by atoms with Gasteiger partial charge in [-0.1, -0.05) is 23.7 Å². The van der Waals surface area contributed by atoms with Crippen LogP contribution in [-0.2, 0) is 14.8 Å². The molecule has 0 unspecified atom stereocenters. The number of halogens is 1. The highest BCUT2D eigenvalue weighted by Crippen LogP contribution is 2.27. The quantitative estimate of drug-likeness (QED) is 0.824. The Kier molecular flexibility index (Phi) is 5.69. The lowest BCUT2D eigenvalue weighted by Gasteiger charge is -2.28. The number of piperidine rings is 1. The summed E-state index contributed by atoms with van der Waals surface area (Å²) in [4.78, 5) is 14.0. The van der Waals surface area contributed by atoms with E-state index in [9.17, 15) is 13.2 Å². The molecule has 5 nitrogen and oxygen atoms in total. The minimum absolute atomic E-state index is 0.000374. The zero-order valence-electron chi connectivity index (χ0n) is 12.7. The summed E-state index contributed by atoms with van der Waals surface area (Å²) in [6.07, 6.45) is 4.48. The molecule has 0 radical (unpaired) electrons. The zero-order valence-corrected chi connectivity index (χ0v) is 14.2. The molecule has 7 heteroatoms. The van der Waals surface area contributed by atoms with Gasteiger partial charge in [0.1, 0.15) is 0 Å². The van der Waals surface area contributed by atoms with Crippen molar-refractivity contribution < 1.29 is 13.2 Å². The van der Waals surface area contributed by atoms with Crippen LogP contribution in [-0.4, -0.2) is 45.1 Å². The summed E-state index contributed by atoms with van der Waals surface area (Å²) in [5, 5.41) is 0.360. The molecule has 1 fully saturated rings. The van der Waals surface area contributed by atoms with E-state index in [1.54, 1.807) is 24.3 Å². The molecule has 1 aliphatic rings. The third kappa shape index (κ3) is 4.36. The van der Waals surface area contributed by atoms with E-state index in [1.807, 2.05) is 4.90 Å². The molecule has 0 spiro atoms. The molecule has 0 aliphatic carbocycles. The molecule has 22 heavy (non-hydrogen) atoms. The normalized spacial score (nSPS) is 15.6. The Balaban J connectivity index is 2.08. The molecule has 1 heterocycles. The molecule has 0 saturated carbocycles. The van der Waals surface area contributed by atoms with E-state index < -0.39 is 10.0 Å². The van der Waals surface area contributed by atoms with E-state index in [0.29, 0.717) is 10.7 Å². The summed E-state index contributed by atoms with van der Waals surface area (Å²) in [6, 6.07) is 6.76. The number of carbonyl (C=O) groups is 1. The molecule has 1 amide bonds. The van der Waals surface area contributed by atoms with Crippen molar-refractivity contribution in [2.75, 3.05) is 30.2 Å². The summed E-state index contributed by atoms with van der Waals surface area (Å²) in [5.41, 5.74) is 0.415. The van der Waals surface area contributed by atoms with Gasteiger partial charge in [0.25, 0.3) is 0 Å². The van der Waals surface area contributed by atoms with E-state index in [1.165, 1.54) is 4.31 Å². The number of rotatable bonds is 5. The number of nitrogens with zero attached hydrogens (tertiary/aromatic N) is 2. The Hall–Kier alpha value is -1.27. The van der Waals surface area contributed by atoms with Gasteiger partial charge in [0.2, 0.25) is 15.9 Å². The lowest BCUT2D eigenvalue weighted by molar-refractivity contribution is -0.131. The summed E-state index contributed by atoms with van der Waals surface area (Å²) >= 11 is 6.09. The first-order chi connectivity index (χ1) is 10.4. The molecule has 0 atom stereocenters. The van der Waals surface area contributed by atoms with Crippen LogP contribution in [0.25, 0.3) is 0 Å². The molecule has 1 aliphatic heterocycles. The highest BCUT2D eigenvalue weighted by atomic mass is 35.5. The predicted octanol–water partition coefficient (Wildman–Crippen LogP) is 2.51. The van der Waals surface area contributed by atoms with Crippen LogP contribution >= 0.6 is 11.6 Å². The average molecular weight is 345 g/mol. The Labute approximate surface area is 136 Å². The molecule has 0 bridgehead atoms. The Morgan fingerprint density at radius 1 is 1.23 bits per heavy atom. The van der Waals surface area contributed by atoms with Crippen LogP contribution in [0.15, 0.2) is 24.3 Å². The van der Waals surface area contributed by atoms with Crippen molar-refractivity contribution in [3.05, 3.63) is 29.3 Å². The number of benzene rings is 1.